The van der Waals surface area contributed by atoms with E-state index < -0.39 is 11.0 Å². The number of aromatic hydroxyl groups is 1. The van der Waals surface area contributed by atoms with E-state index in [2.05, 4.69) is 34.1 Å². The van der Waals surface area contributed by atoms with E-state index in [1.54, 1.807) is 6.07 Å². The highest BCUT2D eigenvalue weighted by molar-refractivity contribution is 5.86. The van der Waals surface area contributed by atoms with Crippen molar-refractivity contribution in [3.8, 4) is 11.5 Å². The van der Waals surface area contributed by atoms with Crippen LogP contribution in [-0.2, 0) is 18.3 Å². The molecule has 1 saturated heterocycles. The lowest BCUT2D eigenvalue weighted by molar-refractivity contribution is -0.173. The van der Waals surface area contributed by atoms with Gasteiger partial charge in [-0.15, -0.1) is 12.4 Å². The molecule has 32 heavy (non-hydrogen) atoms. The second kappa shape index (κ2) is 6.02. The van der Waals surface area contributed by atoms with Gasteiger partial charge in [0, 0.05) is 35.5 Å². The molecule has 4 atom stereocenters. The minimum absolute atomic E-state index is 0. The quantitative estimate of drug-likeness (QED) is 0.552. The molecule has 3 aliphatic carbocycles. The zero-order chi connectivity index (χ0) is 20.5. The van der Waals surface area contributed by atoms with Crippen LogP contribution in [0.1, 0.15) is 47.8 Å². The summed E-state index contributed by atoms with van der Waals surface area (Å²) in [6.45, 7) is 2.07. The lowest BCUT2D eigenvalue weighted by atomic mass is 9.49. The third kappa shape index (κ3) is 2.04. The van der Waals surface area contributed by atoms with Gasteiger partial charge < -0.3 is 19.9 Å². The SMILES string of the molecule is Cl.Oc1ccc2c3c1O[C@H]1c4[nH]c5ccccc5c4C[C@]4(O)[C@@H](C2)N(CC2CC2)CC[C@]314. The fraction of sp³-hybridized carbons (Fsp3) is 0.462. The Kier molecular flexibility index (Phi) is 3.62. The van der Waals surface area contributed by atoms with Crippen LogP contribution in [0.4, 0.5) is 0 Å². The number of phenolic OH excluding ortho intramolecular Hbond substituents is 1. The molecule has 0 amide bonds. The Bertz CT molecular complexity index is 1280. The Morgan fingerprint density at radius 3 is 2.84 bits per heavy atom. The van der Waals surface area contributed by atoms with E-state index in [1.165, 1.54) is 29.4 Å². The number of fused-ring (bicyclic) bond motifs is 4. The number of halogens is 1. The number of nitrogens with one attached hydrogen (secondary N) is 1. The topological polar surface area (TPSA) is 68.7 Å². The maximum Gasteiger partial charge on any atom is 0.166 e. The summed E-state index contributed by atoms with van der Waals surface area (Å²) in [7, 11) is 0. The molecule has 0 radical (unpaired) electrons. The van der Waals surface area contributed by atoms with Gasteiger partial charge in [-0.2, -0.15) is 0 Å². The molecule has 2 aromatic carbocycles. The molecule has 5 nitrogen and oxygen atoms in total. The zero-order valence-electron chi connectivity index (χ0n) is 17.8. The highest BCUT2D eigenvalue weighted by atomic mass is 35.5. The smallest absolute Gasteiger partial charge is 0.166 e. The average molecular weight is 451 g/mol. The van der Waals surface area contributed by atoms with Crippen molar-refractivity contribution in [2.45, 2.75) is 55.3 Å². The van der Waals surface area contributed by atoms with Crippen LogP contribution in [0.25, 0.3) is 10.9 Å². The summed E-state index contributed by atoms with van der Waals surface area (Å²) in [6.07, 6.45) is 4.66. The summed E-state index contributed by atoms with van der Waals surface area (Å²) in [6, 6.07) is 12.3. The molecule has 0 unspecified atom stereocenters. The molecule has 1 saturated carbocycles. The first-order chi connectivity index (χ1) is 15.1. The second-order valence-corrected chi connectivity index (χ2v) is 10.5. The normalized spacial score (nSPS) is 33.9. The molecule has 2 fully saturated rings. The van der Waals surface area contributed by atoms with Crippen molar-refractivity contribution in [1.82, 2.24) is 9.88 Å². The van der Waals surface area contributed by atoms with Crippen LogP contribution >= 0.6 is 12.4 Å². The molecule has 5 aliphatic rings. The van der Waals surface area contributed by atoms with E-state index in [0.29, 0.717) is 12.2 Å². The van der Waals surface area contributed by atoms with E-state index >= 15 is 0 Å². The number of aromatic amines is 1. The van der Waals surface area contributed by atoms with Gasteiger partial charge in [-0.1, -0.05) is 24.3 Å². The number of phenols is 1. The summed E-state index contributed by atoms with van der Waals surface area (Å²) in [5, 5.41) is 24.6. The number of nitrogens with zero attached hydrogens (tertiary/aromatic N) is 1. The van der Waals surface area contributed by atoms with Crippen LogP contribution in [0.2, 0.25) is 0 Å². The van der Waals surface area contributed by atoms with Gasteiger partial charge in [0.25, 0.3) is 0 Å². The second-order valence-electron chi connectivity index (χ2n) is 10.5. The number of para-hydroxylation sites is 1. The first kappa shape index (κ1) is 19.3. The summed E-state index contributed by atoms with van der Waals surface area (Å²) in [5.74, 6) is 1.58. The van der Waals surface area contributed by atoms with Crippen molar-refractivity contribution in [3.63, 3.8) is 0 Å². The number of aromatic nitrogens is 1. The number of hydrogen-bond acceptors (Lipinski definition) is 4. The van der Waals surface area contributed by atoms with Gasteiger partial charge >= 0.3 is 0 Å². The van der Waals surface area contributed by atoms with Gasteiger partial charge in [0.1, 0.15) is 0 Å². The fourth-order valence-corrected chi connectivity index (χ4v) is 7.57. The number of H-pyrrole nitrogens is 1. The Hall–Kier alpha value is -2.21. The molecular weight excluding hydrogens is 424 g/mol. The molecule has 3 heterocycles. The zero-order valence-corrected chi connectivity index (χ0v) is 18.6. The lowest BCUT2D eigenvalue weighted by Crippen LogP contribution is -2.74. The number of ether oxygens (including phenoxy) is 1. The molecule has 2 bridgehead atoms. The van der Waals surface area contributed by atoms with Crippen LogP contribution in [-0.4, -0.2) is 44.8 Å². The first-order valence-electron chi connectivity index (χ1n) is 11.7. The molecule has 2 aliphatic heterocycles. The number of hydrogen-bond donors (Lipinski definition) is 3. The van der Waals surface area contributed by atoms with Gasteiger partial charge in [-0.05, 0) is 61.4 Å². The largest absolute Gasteiger partial charge is 0.504 e. The molecule has 3 N–H and O–H groups in total. The van der Waals surface area contributed by atoms with Gasteiger partial charge in [0.15, 0.2) is 17.6 Å². The standard InChI is InChI=1S/C26H26N2O3.ClH/c29-19-8-7-15-11-20-26(30)12-17-16-3-1-2-4-18(16)27-22(17)24-25(26,21(15)23(19)31-24)9-10-28(20)13-14-5-6-14;/h1-4,7-8,14,20,24,27,29-30H,5-6,9-13H2;1H/t20-,24+,25+,26+;/m1./s1. The van der Waals surface area contributed by atoms with Crippen LogP contribution in [0, 0.1) is 5.92 Å². The third-order valence-corrected chi connectivity index (χ3v) is 9.07. The number of benzene rings is 2. The highest BCUT2D eigenvalue weighted by Crippen LogP contribution is 2.69. The summed E-state index contributed by atoms with van der Waals surface area (Å²) < 4.78 is 6.60. The summed E-state index contributed by atoms with van der Waals surface area (Å²) in [4.78, 5) is 6.22. The van der Waals surface area contributed by atoms with Crippen molar-refractivity contribution >= 4 is 23.3 Å². The molecule has 3 aromatic rings. The highest BCUT2D eigenvalue weighted by Gasteiger charge is 2.72. The van der Waals surface area contributed by atoms with Crippen molar-refractivity contribution in [2.24, 2.45) is 5.92 Å². The third-order valence-electron chi connectivity index (χ3n) is 9.07. The fourth-order valence-electron chi connectivity index (χ4n) is 7.57. The Morgan fingerprint density at radius 2 is 2.00 bits per heavy atom. The summed E-state index contributed by atoms with van der Waals surface area (Å²) >= 11 is 0. The Morgan fingerprint density at radius 1 is 1.16 bits per heavy atom. The lowest BCUT2D eigenvalue weighted by Gasteiger charge is -2.62. The minimum atomic E-state index is -0.908. The van der Waals surface area contributed by atoms with Gasteiger partial charge in [-0.3, -0.25) is 4.90 Å². The molecule has 6 heteroatoms. The number of aliphatic hydroxyl groups is 1. The van der Waals surface area contributed by atoms with Crippen molar-refractivity contribution in [1.29, 1.82) is 0 Å². The van der Waals surface area contributed by atoms with E-state index in [-0.39, 0.29) is 30.3 Å². The van der Waals surface area contributed by atoms with Crippen LogP contribution in [0.5, 0.6) is 11.5 Å². The van der Waals surface area contributed by atoms with Gasteiger partial charge in [-0.25, -0.2) is 0 Å². The molecule has 1 spiro atoms. The first-order valence-corrected chi connectivity index (χ1v) is 11.7. The number of rotatable bonds is 2. The maximum absolute atomic E-state index is 12.7. The number of likely N-dealkylation sites (tertiary alicyclic amines) is 1. The van der Waals surface area contributed by atoms with Crippen molar-refractivity contribution in [2.75, 3.05) is 13.1 Å². The molecular formula is C26H27ClN2O3. The molecule has 1 aromatic heterocycles. The average Bonchev–Trinajstić information content (AvgIpc) is 3.40. The number of piperidine rings is 1. The van der Waals surface area contributed by atoms with E-state index in [4.69, 9.17) is 4.74 Å². The molecule has 166 valence electrons. The maximum atomic E-state index is 12.7. The van der Waals surface area contributed by atoms with E-state index in [9.17, 15) is 10.2 Å². The minimum Gasteiger partial charge on any atom is -0.504 e. The Balaban J connectivity index is 0.00000180. The van der Waals surface area contributed by atoms with Crippen LogP contribution in [0.3, 0.4) is 0 Å². The van der Waals surface area contributed by atoms with Gasteiger partial charge in [0.05, 0.1) is 16.7 Å². The van der Waals surface area contributed by atoms with Gasteiger partial charge in [0.2, 0.25) is 0 Å². The van der Waals surface area contributed by atoms with Crippen LogP contribution < -0.4 is 4.74 Å². The van der Waals surface area contributed by atoms with Crippen molar-refractivity contribution < 1.29 is 14.9 Å². The van der Waals surface area contributed by atoms with E-state index in [1.807, 2.05) is 6.07 Å². The predicted molar refractivity (Wildman–Crippen MR) is 124 cm³/mol. The van der Waals surface area contributed by atoms with Crippen LogP contribution in [0.15, 0.2) is 36.4 Å². The Labute approximate surface area is 192 Å². The van der Waals surface area contributed by atoms with E-state index in [0.717, 1.165) is 48.6 Å². The molecule has 8 rings (SSSR count). The van der Waals surface area contributed by atoms with Crippen molar-refractivity contribution in [3.05, 3.63) is 58.8 Å². The summed E-state index contributed by atoms with van der Waals surface area (Å²) in [5.41, 5.74) is 4.27. The predicted octanol–water partition coefficient (Wildman–Crippen LogP) is 3.99. The monoisotopic (exact) mass is 450 g/mol.